The smallest absolute Gasteiger partial charge is 0.221 e. The van der Waals surface area contributed by atoms with Gasteiger partial charge in [-0.25, -0.2) is 9.97 Å². The van der Waals surface area contributed by atoms with E-state index in [0.717, 1.165) is 39.9 Å². The number of rotatable bonds is 2. The van der Waals surface area contributed by atoms with E-state index in [2.05, 4.69) is 71.3 Å². The number of nitrogens with two attached hydrogens (primary N) is 1. The van der Waals surface area contributed by atoms with E-state index in [0.29, 0.717) is 0 Å². The largest absolute Gasteiger partial charge is 0.368 e. The molecule has 157 valence electrons. The molecule has 4 rings (SSSR count). The molecule has 2 N–H and O–H groups in total. The summed E-state index contributed by atoms with van der Waals surface area (Å²) in [6, 6.07) is 1.96. The van der Waals surface area contributed by atoms with Gasteiger partial charge in [0, 0.05) is 17.2 Å². The van der Waals surface area contributed by atoms with Crippen LogP contribution in [-0.4, -0.2) is 15.0 Å². The molecule has 0 spiro atoms. The molecular weight excluding hydrogens is 606 g/mol. The Balaban J connectivity index is 0.00000150. The van der Waals surface area contributed by atoms with Crippen molar-refractivity contribution >= 4 is 28.0 Å². The minimum Gasteiger partial charge on any atom is -0.368 e. The van der Waals surface area contributed by atoms with E-state index < -0.39 is 0 Å². The van der Waals surface area contributed by atoms with Crippen LogP contribution in [0.3, 0.4) is 0 Å². The van der Waals surface area contributed by atoms with Crippen molar-refractivity contribution < 1.29 is 0 Å². The number of anilines is 1. The predicted octanol–water partition coefficient (Wildman–Crippen LogP) is 5.45. The van der Waals surface area contributed by atoms with Crippen LogP contribution in [0.1, 0.15) is 31.7 Å². The third-order valence-corrected chi connectivity index (χ3v) is 4.62. The van der Waals surface area contributed by atoms with E-state index in [1.807, 2.05) is 24.4 Å². The fourth-order valence-electron chi connectivity index (χ4n) is 3.18. The van der Waals surface area contributed by atoms with E-state index in [9.17, 15) is 0 Å². The Morgan fingerprint density at radius 3 is 2.62 bits per heavy atom. The van der Waals surface area contributed by atoms with E-state index in [1.54, 1.807) is 0 Å². The number of nitrogen functional groups attached to an aromatic ring is 1. The van der Waals surface area contributed by atoms with Gasteiger partial charge in [-0.3, -0.25) is 4.98 Å². The molecule has 0 fully saturated rings. The van der Waals surface area contributed by atoms with E-state index in [1.165, 1.54) is 11.5 Å². The van der Waals surface area contributed by atoms with Crippen molar-refractivity contribution in [3.05, 3.63) is 97.3 Å². The first-order chi connectivity index (χ1) is 13.1. The first-order valence-corrected chi connectivity index (χ1v) is 8.99. The van der Waals surface area contributed by atoms with Gasteiger partial charge >= 0.3 is 0 Å². The molecule has 2 heterocycles. The van der Waals surface area contributed by atoms with Crippen LogP contribution in [0.2, 0.25) is 0 Å². The first-order valence-electron chi connectivity index (χ1n) is 8.99. The van der Waals surface area contributed by atoms with Crippen molar-refractivity contribution in [2.75, 3.05) is 5.73 Å². The normalized spacial score (nSPS) is 15.5. The van der Waals surface area contributed by atoms with Crippen LogP contribution in [0.5, 0.6) is 0 Å². The summed E-state index contributed by atoms with van der Waals surface area (Å²) in [6.07, 6.45) is 21.5. The number of hydrogen-bond acceptors (Lipinski definition) is 4. The molecule has 2 aromatic rings. The van der Waals surface area contributed by atoms with Crippen molar-refractivity contribution in [1.29, 1.82) is 0 Å². The molecule has 0 saturated heterocycles. The van der Waals surface area contributed by atoms with Crippen molar-refractivity contribution in [2.45, 2.75) is 20.3 Å². The Labute approximate surface area is 166 Å². The zero-order chi connectivity index (χ0) is 18.8. The maximum atomic E-state index is 6.08. The molecule has 4 nitrogen and oxygen atoms in total. The Bertz CT molecular complexity index is 1090. The average Bonchev–Trinajstić information content (AvgIpc) is 3.00. The maximum absolute atomic E-state index is 6.08. The van der Waals surface area contributed by atoms with Crippen molar-refractivity contribution in [3.63, 3.8) is 0 Å². The molecular formula is C24H24LrN4-2. The summed E-state index contributed by atoms with van der Waals surface area (Å²) in [6.45, 7) is 4.19. The number of hydrogen-bond donors (Lipinski definition) is 1. The van der Waals surface area contributed by atoms with Gasteiger partial charge in [-0.15, -0.1) is 12.2 Å². The third kappa shape index (κ3) is 4.14. The van der Waals surface area contributed by atoms with Gasteiger partial charge in [0.2, 0.25) is 5.95 Å². The van der Waals surface area contributed by atoms with Crippen LogP contribution in [0.15, 0.2) is 72.5 Å². The number of pyridine rings is 1. The summed E-state index contributed by atoms with van der Waals surface area (Å²) in [5.74, 6) is 1.44. The minimum absolute atomic E-state index is 0. The van der Waals surface area contributed by atoms with Gasteiger partial charge in [0.25, 0.3) is 0 Å². The quantitative estimate of drug-likeness (QED) is 0.449. The second-order valence-corrected chi connectivity index (χ2v) is 6.79. The Morgan fingerprint density at radius 1 is 1.00 bits per heavy atom. The molecule has 29 heavy (non-hydrogen) atoms. The van der Waals surface area contributed by atoms with Gasteiger partial charge in [-0.1, -0.05) is 42.4 Å². The van der Waals surface area contributed by atoms with Gasteiger partial charge in [0.1, 0.15) is 5.52 Å². The second-order valence-electron chi connectivity index (χ2n) is 6.79. The topological polar surface area (TPSA) is 64.7 Å². The van der Waals surface area contributed by atoms with E-state index in [-0.39, 0.29) is 13.4 Å². The van der Waals surface area contributed by atoms with Gasteiger partial charge in [-0.05, 0) is 19.4 Å². The van der Waals surface area contributed by atoms with Gasteiger partial charge in [0.05, 0.1) is 11.4 Å². The maximum Gasteiger partial charge on any atom is 0.221 e. The van der Waals surface area contributed by atoms with Crippen LogP contribution < -0.4 is 5.73 Å². The Hall–Kier alpha value is -4.40. The average molecular weight is 630 g/mol. The summed E-state index contributed by atoms with van der Waals surface area (Å²) < 4.78 is 0. The summed E-state index contributed by atoms with van der Waals surface area (Å²) in [5.41, 5.74) is 11.8. The molecule has 0 saturated carbocycles. The van der Waals surface area contributed by atoms with Crippen molar-refractivity contribution in [2.24, 2.45) is 0 Å². The fourth-order valence-corrected chi connectivity index (χ4v) is 3.18. The van der Waals surface area contributed by atoms with Crippen LogP contribution in [0, 0.1) is 13.3 Å². The van der Waals surface area contributed by atoms with Crippen LogP contribution in [-0.2, 0) is 0 Å². The SMILES string of the molecule is CC1=CC=C(c2nc(N)nc3c(C4=CC=C[C-](C)C=C4)nccc23)C=CC1.[CH3-].[Lr]. The molecule has 2 aromatic heterocycles. The number of allylic oxidation sites excluding steroid dienone is 12. The summed E-state index contributed by atoms with van der Waals surface area (Å²) in [5, 5.41) is 0.946. The van der Waals surface area contributed by atoms with E-state index >= 15 is 0 Å². The Morgan fingerprint density at radius 2 is 1.79 bits per heavy atom. The molecule has 0 aliphatic heterocycles. The molecule has 2 aliphatic carbocycles. The molecule has 0 amide bonds. The van der Waals surface area contributed by atoms with Crippen LogP contribution in [0.25, 0.3) is 22.0 Å². The van der Waals surface area contributed by atoms with Gasteiger partial charge < -0.3 is 13.2 Å². The van der Waals surface area contributed by atoms with Crippen LogP contribution >= 0.6 is 0 Å². The molecule has 0 bridgehead atoms. The minimum atomic E-state index is 0. The van der Waals surface area contributed by atoms with Gasteiger partial charge in [0.15, 0.2) is 0 Å². The first kappa shape index (κ1) is 20.9. The monoisotopic (exact) mass is 630 g/mol. The molecule has 0 unspecified atom stereocenters. The molecule has 2 aliphatic rings. The van der Waals surface area contributed by atoms with Gasteiger partial charge in [-0.2, -0.15) is 24.1 Å². The third-order valence-electron chi connectivity index (χ3n) is 4.62. The van der Waals surface area contributed by atoms with Crippen molar-refractivity contribution in [1.82, 2.24) is 15.0 Å². The number of fused-ring (bicyclic) bond motifs is 1. The predicted molar refractivity (Wildman–Crippen MR) is 119 cm³/mol. The second kappa shape index (κ2) is 8.53. The standard InChI is InChI=1S/C23H21N4.CH3.Lr/c1-15-5-3-7-17(11-9-15)20-19-13-14-25-21(22(19)27-23(24)26-20)18-8-4-6-16(2)10-12-18;;/h3-4,6-14H,5H2,1-2H3,(H2,24,26,27);1H3;/q2*-1;. The Kier molecular flexibility index (Phi) is 6.15. The summed E-state index contributed by atoms with van der Waals surface area (Å²) >= 11 is 0. The zero-order valence-electron chi connectivity index (χ0n) is 16.7. The number of nitrogens with zero attached hydrogens (tertiary/aromatic N) is 3. The zero-order valence-corrected chi connectivity index (χ0v) is 18.9. The van der Waals surface area contributed by atoms with Crippen LogP contribution in [0.4, 0.5) is 5.95 Å². The summed E-state index contributed by atoms with van der Waals surface area (Å²) in [7, 11) is 0. The molecule has 1 radical (unpaired) electrons. The summed E-state index contributed by atoms with van der Waals surface area (Å²) in [4.78, 5) is 13.7. The number of aromatic nitrogens is 3. The molecule has 5 heteroatoms. The van der Waals surface area contributed by atoms with E-state index in [4.69, 9.17) is 5.73 Å². The molecule has 0 atom stereocenters. The van der Waals surface area contributed by atoms with Crippen molar-refractivity contribution in [3.8, 4) is 0 Å². The fraction of sp³-hybridized carbons (Fsp3) is 0.125. The molecule has 0 aromatic carbocycles.